The van der Waals surface area contributed by atoms with Crippen LogP contribution in [0.4, 0.5) is 0 Å². The van der Waals surface area contributed by atoms with E-state index in [4.69, 9.17) is 11.6 Å². The molecule has 5 heteroatoms. The fourth-order valence-electron chi connectivity index (χ4n) is 1.49. The minimum Gasteiger partial charge on any atom is -0.267 e. The Morgan fingerprint density at radius 3 is 2.94 bits per heavy atom. The number of fused-ring (bicyclic) bond motifs is 1. The van der Waals surface area contributed by atoms with Crippen LogP contribution < -0.4 is 5.56 Å². The maximum Gasteiger partial charge on any atom is 0.277 e. The summed E-state index contributed by atoms with van der Waals surface area (Å²) >= 11 is 5.71. The van der Waals surface area contributed by atoms with E-state index in [0.29, 0.717) is 23.3 Å². The number of hydrogen-bond donors (Lipinski definition) is 0. The zero-order valence-corrected chi connectivity index (χ0v) is 9.68. The van der Waals surface area contributed by atoms with Gasteiger partial charge in [0.25, 0.3) is 5.56 Å². The molecule has 0 spiro atoms. The molecule has 1 aromatic heterocycles. The van der Waals surface area contributed by atoms with Crippen molar-refractivity contribution in [1.82, 2.24) is 15.0 Å². The van der Waals surface area contributed by atoms with Crippen molar-refractivity contribution in [2.75, 3.05) is 5.88 Å². The number of nitrogens with zero attached hydrogens (tertiary/aromatic N) is 3. The summed E-state index contributed by atoms with van der Waals surface area (Å²) in [6.45, 7) is 2.47. The molecule has 1 unspecified atom stereocenters. The molecule has 0 radical (unpaired) electrons. The van der Waals surface area contributed by atoms with E-state index in [1.54, 1.807) is 12.1 Å². The highest BCUT2D eigenvalue weighted by molar-refractivity contribution is 6.18. The second kappa shape index (κ2) is 4.61. The molecular formula is C11H12ClN3O. The van der Waals surface area contributed by atoms with Crippen molar-refractivity contribution >= 4 is 22.5 Å². The summed E-state index contributed by atoms with van der Waals surface area (Å²) in [5.74, 6) is 0.704. The number of halogens is 1. The third-order valence-corrected chi connectivity index (χ3v) is 2.90. The molecule has 1 heterocycles. The molecule has 0 saturated carbocycles. The number of aromatic nitrogens is 3. The van der Waals surface area contributed by atoms with Gasteiger partial charge in [0.2, 0.25) is 0 Å². The van der Waals surface area contributed by atoms with Gasteiger partial charge in [0.05, 0.1) is 11.9 Å². The van der Waals surface area contributed by atoms with Crippen LogP contribution in [0.1, 0.15) is 6.92 Å². The van der Waals surface area contributed by atoms with Gasteiger partial charge in [-0.05, 0) is 18.1 Å². The average molecular weight is 238 g/mol. The zero-order chi connectivity index (χ0) is 11.5. The van der Waals surface area contributed by atoms with Crippen LogP contribution in [0.25, 0.3) is 10.9 Å². The van der Waals surface area contributed by atoms with Crippen LogP contribution in [0.15, 0.2) is 29.1 Å². The third-order valence-electron chi connectivity index (χ3n) is 2.38. The summed E-state index contributed by atoms with van der Waals surface area (Å²) in [5.41, 5.74) is 0.518. The smallest absolute Gasteiger partial charge is 0.267 e. The minimum absolute atomic E-state index is 0.109. The van der Waals surface area contributed by atoms with Crippen LogP contribution in [-0.2, 0) is 6.54 Å². The van der Waals surface area contributed by atoms with Gasteiger partial charge < -0.3 is 0 Å². The number of benzene rings is 1. The van der Waals surface area contributed by atoms with E-state index in [0.717, 1.165) is 0 Å². The van der Waals surface area contributed by atoms with Crippen LogP contribution in [0.5, 0.6) is 0 Å². The molecule has 0 fully saturated rings. The maximum absolute atomic E-state index is 12.0. The summed E-state index contributed by atoms with van der Waals surface area (Å²) in [6.07, 6.45) is 0. The largest absolute Gasteiger partial charge is 0.277 e. The highest BCUT2D eigenvalue weighted by Crippen LogP contribution is 2.05. The first-order chi connectivity index (χ1) is 7.72. The number of rotatable bonds is 3. The lowest BCUT2D eigenvalue weighted by molar-refractivity contribution is 0.453. The van der Waals surface area contributed by atoms with Crippen molar-refractivity contribution in [3.63, 3.8) is 0 Å². The summed E-state index contributed by atoms with van der Waals surface area (Å²) in [5, 5.41) is 8.49. The summed E-state index contributed by atoms with van der Waals surface area (Å²) in [4.78, 5) is 12.0. The molecule has 4 nitrogen and oxygen atoms in total. The Labute approximate surface area is 97.8 Å². The van der Waals surface area contributed by atoms with E-state index in [2.05, 4.69) is 10.3 Å². The topological polar surface area (TPSA) is 47.8 Å². The molecule has 1 aromatic carbocycles. The maximum atomic E-state index is 12.0. The van der Waals surface area contributed by atoms with E-state index < -0.39 is 0 Å². The standard InChI is InChI=1S/C11H12ClN3O/c1-8(6-12)7-15-11(16)9-4-2-3-5-10(9)13-14-15/h2-5,8H,6-7H2,1H3. The third kappa shape index (κ3) is 2.07. The van der Waals surface area contributed by atoms with Gasteiger partial charge in [0.1, 0.15) is 5.52 Å². The van der Waals surface area contributed by atoms with Crippen LogP contribution in [0.3, 0.4) is 0 Å². The SMILES string of the molecule is CC(CCl)Cn1nnc2ccccc2c1=O. The van der Waals surface area contributed by atoms with Gasteiger partial charge >= 0.3 is 0 Å². The molecule has 0 aliphatic carbocycles. The Hall–Kier alpha value is -1.42. The van der Waals surface area contributed by atoms with Crippen molar-refractivity contribution in [1.29, 1.82) is 0 Å². The second-order valence-electron chi connectivity index (χ2n) is 3.85. The summed E-state index contributed by atoms with van der Waals surface area (Å²) in [7, 11) is 0. The summed E-state index contributed by atoms with van der Waals surface area (Å²) in [6, 6.07) is 7.19. The first-order valence-electron chi connectivity index (χ1n) is 5.11. The van der Waals surface area contributed by atoms with E-state index >= 15 is 0 Å². The fraction of sp³-hybridized carbons (Fsp3) is 0.364. The van der Waals surface area contributed by atoms with E-state index in [9.17, 15) is 4.79 Å². The highest BCUT2D eigenvalue weighted by atomic mass is 35.5. The Bertz CT molecular complexity index is 552. The molecule has 0 N–H and O–H groups in total. The fourth-order valence-corrected chi connectivity index (χ4v) is 1.58. The van der Waals surface area contributed by atoms with Crippen LogP contribution in [0.2, 0.25) is 0 Å². The van der Waals surface area contributed by atoms with Gasteiger partial charge in [-0.2, -0.15) is 0 Å². The highest BCUT2D eigenvalue weighted by Gasteiger charge is 2.07. The molecule has 0 bridgehead atoms. The van der Waals surface area contributed by atoms with Gasteiger partial charge in [-0.3, -0.25) is 4.79 Å². The second-order valence-corrected chi connectivity index (χ2v) is 4.16. The van der Waals surface area contributed by atoms with Gasteiger partial charge in [-0.25, -0.2) is 4.68 Å². The number of alkyl halides is 1. The zero-order valence-electron chi connectivity index (χ0n) is 8.93. The molecule has 2 aromatic rings. The molecule has 0 saturated heterocycles. The predicted octanol–water partition coefficient (Wildman–Crippen LogP) is 1.67. The number of hydrogen-bond acceptors (Lipinski definition) is 3. The van der Waals surface area contributed by atoms with Crippen LogP contribution in [-0.4, -0.2) is 20.9 Å². The molecule has 0 aliphatic heterocycles. The Morgan fingerprint density at radius 2 is 2.19 bits per heavy atom. The molecule has 1 atom stereocenters. The van der Waals surface area contributed by atoms with Gasteiger partial charge in [0, 0.05) is 5.88 Å². The van der Waals surface area contributed by atoms with Crippen molar-refractivity contribution < 1.29 is 0 Å². The lowest BCUT2D eigenvalue weighted by Crippen LogP contribution is -2.27. The lowest BCUT2D eigenvalue weighted by atomic mass is 10.2. The first-order valence-corrected chi connectivity index (χ1v) is 5.64. The summed E-state index contributed by atoms with van der Waals surface area (Å²) < 4.78 is 1.37. The Morgan fingerprint density at radius 1 is 1.44 bits per heavy atom. The van der Waals surface area contributed by atoms with Crippen LogP contribution in [0, 0.1) is 5.92 Å². The minimum atomic E-state index is -0.109. The predicted molar refractivity (Wildman–Crippen MR) is 63.7 cm³/mol. The van der Waals surface area contributed by atoms with E-state index in [-0.39, 0.29) is 11.5 Å². The van der Waals surface area contributed by atoms with Gasteiger partial charge in [-0.1, -0.05) is 24.3 Å². The van der Waals surface area contributed by atoms with Crippen molar-refractivity contribution in [2.45, 2.75) is 13.5 Å². The van der Waals surface area contributed by atoms with E-state index in [1.807, 2.05) is 19.1 Å². The van der Waals surface area contributed by atoms with Gasteiger partial charge in [0.15, 0.2) is 0 Å². The van der Waals surface area contributed by atoms with Gasteiger partial charge in [-0.15, -0.1) is 16.7 Å². The normalized spacial score (nSPS) is 12.9. The van der Waals surface area contributed by atoms with Crippen molar-refractivity contribution in [2.24, 2.45) is 5.92 Å². The van der Waals surface area contributed by atoms with Crippen molar-refractivity contribution in [3.05, 3.63) is 34.6 Å². The molecular weight excluding hydrogens is 226 g/mol. The van der Waals surface area contributed by atoms with Crippen molar-refractivity contribution in [3.8, 4) is 0 Å². The molecule has 16 heavy (non-hydrogen) atoms. The molecule has 0 amide bonds. The quantitative estimate of drug-likeness (QED) is 0.763. The monoisotopic (exact) mass is 237 g/mol. The Kier molecular flexibility index (Phi) is 3.19. The molecule has 0 aliphatic rings. The molecule has 2 rings (SSSR count). The van der Waals surface area contributed by atoms with E-state index in [1.165, 1.54) is 4.68 Å². The first kappa shape index (κ1) is 11.1. The molecule has 84 valence electrons. The Balaban J connectivity index is 2.49. The van der Waals surface area contributed by atoms with Crippen LogP contribution >= 0.6 is 11.6 Å². The lowest BCUT2D eigenvalue weighted by Gasteiger charge is -2.08. The average Bonchev–Trinajstić information content (AvgIpc) is 2.33.